The summed E-state index contributed by atoms with van der Waals surface area (Å²) in [7, 11) is 0. The topological polar surface area (TPSA) is 79.4 Å². The van der Waals surface area contributed by atoms with Gasteiger partial charge in [-0.05, 0) is 38.1 Å². The Bertz CT molecular complexity index is 1120. The molecule has 4 rings (SSSR count). The second-order valence-electron chi connectivity index (χ2n) is 6.63. The molecule has 0 spiro atoms. The van der Waals surface area contributed by atoms with Crippen LogP contribution in [0.4, 0.5) is 5.13 Å². The number of carbonyl (C=O) groups excluding carboxylic acids is 3. The molecule has 0 bridgehead atoms. The molecule has 1 aliphatic rings. The van der Waals surface area contributed by atoms with E-state index in [0.717, 1.165) is 21.0 Å². The Kier molecular flexibility index (Phi) is 4.94. The zero-order valence-electron chi connectivity index (χ0n) is 15.6. The fraction of sp³-hybridized carbons (Fsp3) is 0.143. The second-order valence-corrected chi connectivity index (χ2v) is 8.26. The number of fused-ring (bicyclic) bond motifs is 1. The summed E-state index contributed by atoms with van der Waals surface area (Å²) >= 11 is 7.37. The van der Waals surface area contributed by atoms with Gasteiger partial charge < -0.3 is 5.32 Å². The number of rotatable bonds is 4. The number of carbonyl (C=O) groups is 3. The van der Waals surface area contributed by atoms with E-state index in [4.69, 9.17) is 11.6 Å². The second kappa shape index (κ2) is 7.42. The Morgan fingerprint density at radius 1 is 1.10 bits per heavy atom. The van der Waals surface area contributed by atoms with Gasteiger partial charge in [-0.3, -0.25) is 19.3 Å². The van der Waals surface area contributed by atoms with E-state index in [1.807, 2.05) is 19.1 Å². The van der Waals surface area contributed by atoms with Crippen LogP contribution in [0.25, 0.3) is 11.3 Å². The van der Waals surface area contributed by atoms with E-state index < -0.39 is 23.8 Å². The largest absolute Gasteiger partial charge is 0.300 e. The third-order valence-electron chi connectivity index (χ3n) is 4.72. The number of nitrogens with one attached hydrogen (secondary N) is 1. The maximum absolute atomic E-state index is 12.7. The van der Waals surface area contributed by atoms with Gasteiger partial charge in [-0.15, -0.1) is 11.3 Å². The fourth-order valence-corrected chi connectivity index (χ4v) is 4.27. The third-order valence-corrected chi connectivity index (χ3v) is 5.84. The zero-order chi connectivity index (χ0) is 20.7. The molecule has 1 aliphatic heterocycles. The van der Waals surface area contributed by atoms with E-state index in [9.17, 15) is 14.4 Å². The summed E-state index contributed by atoms with van der Waals surface area (Å²) in [4.78, 5) is 44.3. The number of aromatic nitrogens is 1. The summed E-state index contributed by atoms with van der Waals surface area (Å²) in [6, 6.07) is 12.9. The first kappa shape index (κ1) is 19.3. The predicted molar refractivity (Wildman–Crippen MR) is 112 cm³/mol. The van der Waals surface area contributed by atoms with Crippen molar-refractivity contribution >= 4 is 45.8 Å². The third kappa shape index (κ3) is 3.43. The molecule has 0 saturated carbocycles. The van der Waals surface area contributed by atoms with Gasteiger partial charge in [0.15, 0.2) is 5.13 Å². The van der Waals surface area contributed by atoms with Crippen molar-refractivity contribution in [2.45, 2.75) is 19.9 Å². The molecule has 146 valence electrons. The first-order valence-electron chi connectivity index (χ1n) is 8.88. The number of hydrogen-bond acceptors (Lipinski definition) is 5. The molecule has 1 atom stereocenters. The Balaban J connectivity index is 1.54. The standard InChI is InChI=1S/C21H16ClN3O3S/c1-11(25-19(27)15-8-3-4-9-16(15)20(25)28)18(26)24-21-23-17(12(2)29-21)13-6-5-7-14(22)10-13/h3-11H,1-2H3,(H,23,24,26). The summed E-state index contributed by atoms with van der Waals surface area (Å²) in [6.45, 7) is 3.42. The van der Waals surface area contributed by atoms with Gasteiger partial charge in [0.1, 0.15) is 6.04 Å². The number of benzene rings is 2. The number of amides is 3. The highest BCUT2D eigenvalue weighted by molar-refractivity contribution is 7.16. The number of imide groups is 1. The average molecular weight is 426 g/mol. The maximum atomic E-state index is 12.7. The molecule has 1 N–H and O–H groups in total. The Morgan fingerprint density at radius 3 is 2.38 bits per heavy atom. The molecule has 0 saturated heterocycles. The molecule has 0 radical (unpaired) electrons. The minimum atomic E-state index is -0.971. The number of halogens is 1. The van der Waals surface area contributed by atoms with Crippen molar-refractivity contribution in [2.24, 2.45) is 0 Å². The molecule has 29 heavy (non-hydrogen) atoms. The van der Waals surface area contributed by atoms with Crippen molar-refractivity contribution in [2.75, 3.05) is 5.32 Å². The molecule has 0 fully saturated rings. The minimum absolute atomic E-state index is 0.311. The maximum Gasteiger partial charge on any atom is 0.262 e. The van der Waals surface area contributed by atoms with E-state index in [2.05, 4.69) is 10.3 Å². The number of nitrogens with zero attached hydrogens (tertiary/aromatic N) is 2. The summed E-state index contributed by atoms with van der Waals surface area (Å²) in [5.41, 5.74) is 2.19. The van der Waals surface area contributed by atoms with E-state index in [1.165, 1.54) is 18.3 Å². The van der Waals surface area contributed by atoms with E-state index >= 15 is 0 Å². The van der Waals surface area contributed by atoms with Gasteiger partial charge in [-0.25, -0.2) is 4.98 Å². The summed E-state index contributed by atoms with van der Waals surface area (Å²) in [5.74, 6) is -1.42. The van der Waals surface area contributed by atoms with Gasteiger partial charge in [0, 0.05) is 15.5 Å². The van der Waals surface area contributed by atoms with E-state index in [-0.39, 0.29) is 0 Å². The van der Waals surface area contributed by atoms with Crippen LogP contribution in [0.2, 0.25) is 5.02 Å². The van der Waals surface area contributed by atoms with E-state index in [1.54, 1.807) is 36.4 Å². The summed E-state index contributed by atoms with van der Waals surface area (Å²) in [5, 5.41) is 3.71. The molecule has 1 unspecified atom stereocenters. The first-order valence-corrected chi connectivity index (χ1v) is 10.1. The molecule has 3 amide bonds. The van der Waals surface area contributed by atoms with Gasteiger partial charge in [0.2, 0.25) is 5.91 Å². The van der Waals surface area contributed by atoms with Crippen molar-refractivity contribution in [3.8, 4) is 11.3 Å². The smallest absolute Gasteiger partial charge is 0.262 e. The van der Waals surface area contributed by atoms with Crippen LogP contribution in [-0.4, -0.2) is 33.6 Å². The first-order chi connectivity index (χ1) is 13.9. The van der Waals surface area contributed by atoms with Crippen molar-refractivity contribution < 1.29 is 14.4 Å². The lowest BCUT2D eigenvalue weighted by Gasteiger charge is -2.21. The van der Waals surface area contributed by atoms with Crippen LogP contribution >= 0.6 is 22.9 Å². The molecular weight excluding hydrogens is 410 g/mol. The highest BCUT2D eigenvalue weighted by Crippen LogP contribution is 2.32. The molecule has 6 nitrogen and oxygen atoms in total. The van der Waals surface area contributed by atoms with Gasteiger partial charge in [0.25, 0.3) is 11.8 Å². The van der Waals surface area contributed by atoms with Gasteiger partial charge in [-0.1, -0.05) is 35.9 Å². The van der Waals surface area contributed by atoms with Crippen LogP contribution in [0.1, 0.15) is 32.5 Å². The average Bonchev–Trinajstić information content (AvgIpc) is 3.19. The molecule has 1 aromatic heterocycles. The van der Waals surface area contributed by atoms with Crippen LogP contribution in [0, 0.1) is 6.92 Å². The summed E-state index contributed by atoms with van der Waals surface area (Å²) in [6.07, 6.45) is 0. The lowest BCUT2D eigenvalue weighted by Crippen LogP contribution is -2.45. The van der Waals surface area contributed by atoms with Gasteiger partial charge in [0.05, 0.1) is 16.8 Å². The molecule has 2 aromatic carbocycles. The Hall–Kier alpha value is -3.03. The van der Waals surface area contributed by atoms with Crippen LogP contribution in [-0.2, 0) is 4.79 Å². The minimum Gasteiger partial charge on any atom is -0.300 e. The SMILES string of the molecule is Cc1sc(NC(=O)C(C)N2C(=O)c3ccccc3C2=O)nc1-c1cccc(Cl)c1. The highest BCUT2D eigenvalue weighted by atomic mass is 35.5. The van der Waals surface area contributed by atoms with Crippen molar-refractivity contribution in [1.82, 2.24) is 9.88 Å². The van der Waals surface area contributed by atoms with E-state index in [0.29, 0.717) is 21.3 Å². The van der Waals surface area contributed by atoms with Crippen LogP contribution in [0.5, 0.6) is 0 Å². The number of aryl methyl sites for hydroxylation is 1. The van der Waals surface area contributed by atoms with Crippen LogP contribution < -0.4 is 5.32 Å². The predicted octanol–water partition coefficient (Wildman–Crippen LogP) is 4.40. The number of hydrogen-bond donors (Lipinski definition) is 1. The molecule has 2 heterocycles. The Morgan fingerprint density at radius 2 is 1.76 bits per heavy atom. The normalized spacial score (nSPS) is 14.1. The van der Waals surface area contributed by atoms with Crippen molar-refractivity contribution in [3.63, 3.8) is 0 Å². The van der Waals surface area contributed by atoms with Crippen molar-refractivity contribution in [1.29, 1.82) is 0 Å². The molecule has 3 aromatic rings. The zero-order valence-corrected chi connectivity index (χ0v) is 17.2. The number of anilines is 1. The monoisotopic (exact) mass is 425 g/mol. The fourth-order valence-electron chi connectivity index (χ4n) is 3.24. The molecular formula is C21H16ClN3O3S. The lowest BCUT2D eigenvalue weighted by atomic mass is 10.1. The van der Waals surface area contributed by atoms with Gasteiger partial charge in [-0.2, -0.15) is 0 Å². The van der Waals surface area contributed by atoms with Crippen LogP contribution in [0.15, 0.2) is 48.5 Å². The molecule has 0 aliphatic carbocycles. The lowest BCUT2D eigenvalue weighted by molar-refractivity contribution is -0.119. The quantitative estimate of drug-likeness (QED) is 0.628. The van der Waals surface area contributed by atoms with Gasteiger partial charge >= 0.3 is 0 Å². The summed E-state index contributed by atoms with van der Waals surface area (Å²) < 4.78 is 0. The highest BCUT2D eigenvalue weighted by Gasteiger charge is 2.40. The molecule has 8 heteroatoms. The number of thiazole rings is 1. The Labute approximate surface area is 176 Å². The van der Waals surface area contributed by atoms with Crippen molar-refractivity contribution in [3.05, 3.63) is 69.6 Å². The van der Waals surface area contributed by atoms with Crippen LogP contribution in [0.3, 0.4) is 0 Å².